The third-order valence-corrected chi connectivity index (χ3v) is 7.54. The summed E-state index contributed by atoms with van der Waals surface area (Å²) in [6.45, 7) is -0.0858. The van der Waals surface area contributed by atoms with Crippen LogP contribution in [0.3, 0.4) is 0 Å². The molecule has 2 N–H and O–H groups in total. The molecule has 2 amide bonds. The number of para-hydroxylation sites is 1. The number of anilines is 1. The number of likely N-dealkylation sites (tertiary alicyclic amines) is 1. The molecule has 1 heterocycles. The quantitative estimate of drug-likeness (QED) is 0.647. The summed E-state index contributed by atoms with van der Waals surface area (Å²) in [6.07, 6.45) is -2.37. The van der Waals surface area contributed by atoms with Crippen molar-refractivity contribution in [3.63, 3.8) is 0 Å². The maximum Gasteiger partial charge on any atom is 0.418 e. The normalized spacial score (nSPS) is 31.3. The highest BCUT2D eigenvalue weighted by molar-refractivity contribution is 5.96. The predicted molar refractivity (Wildman–Crippen MR) is 112 cm³/mol. The minimum Gasteiger partial charge on any atom is -0.325 e. The Balaban J connectivity index is 1.36. The molecule has 2 unspecified atom stereocenters. The molecule has 1 aromatic rings. The van der Waals surface area contributed by atoms with Crippen LogP contribution in [-0.2, 0) is 15.8 Å². The van der Waals surface area contributed by atoms with Crippen LogP contribution in [0.15, 0.2) is 24.3 Å². The second-order valence-corrected chi connectivity index (χ2v) is 9.44. The summed E-state index contributed by atoms with van der Waals surface area (Å²) in [6, 6.07) is 6.17. The Hall–Kier alpha value is -2.67. The van der Waals surface area contributed by atoms with E-state index in [0.29, 0.717) is 38.5 Å². The fourth-order valence-electron chi connectivity index (χ4n) is 5.43. The molecule has 3 aliphatic carbocycles. The SMILES string of the molecule is N#CC1CC(F)CN1C(=O)CNC12CCC(C(=O)Nc3ccccc3C(F)(F)F)(CC1)CC2. The molecule has 178 valence electrons. The molecule has 2 atom stereocenters. The van der Waals surface area contributed by atoms with Crippen molar-refractivity contribution in [1.29, 1.82) is 5.26 Å². The van der Waals surface area contributed by atoms with Gasteiger partial charge in [-0.25, -0.2) is 4.39 Å². The average Bonchev–Trinajstić information content (AvgIpc) is 3.19. The van der Waals surface area contributed by atoms with Crippen molar-refractivity contribution in [3.05, 3.63) is 29.8 Å². The maximum absolute atomic E-state index is 13.6. The van der Waals surface area contributed by atoms with Crippen LogP contribution in [0.5, 0.6) is 0 Å². The first-order chi connectivity index (χ1) is 15.6. The molecule has 10 heteroatoms. The van der Waals surface area contributed by atoms with Crippen LogP contribution in [0.2, 0.25) is 0 Å². The molecule has 0 spiro atoms. The number of halogens is 4. The lowest BCUT2D eigenvalue weighted by Gasteiger charge is -2.53. The van der Waals surface area contributed by atoms with Gasteiger partial charge in [0.2, 0.25) is 11.8 Å². The summed E-state index contributed by atoms with van der Waals surface area (Å²) < 4.78 is 53.4. The first-order valence-electron chi connectivity index (χ1n) is 11.1. The molecule has 0 radical (unpaired) electrons. The number of alkyl halides is 4. The number of benzene rings is 1. The standard InChI is InChI=1S/C23H26F4N4O2/c24-15-11-16(12-28)31(14-15)19(32)13-29-22-8-5-21(6-9-22,7-10-22)20(33)30-18-4-2-1-3-17(18)23(25,26)27/h1-4,15-16,29H,5-11,13-14H2,(H,30,33). The molecule has 1 aromatic carbocycles. The van der Waals surface area contributed by atoms with Crippen LogP contribution in [-0.4, -0.2) is 47.6 Å². The van der Waals surface area contributed by atoms with Crippen molar-refractivity contribution < 1.29 is 27.2 Å². The molecule has 1 saturated heterocycles. The van der Waals surface area contributed by atoms with Crippen LogP contribution >= 0.6 is 0 Å². The summed E-state index contributed by atoms with van der Waals surface area (Å²) in [5.74, 6) is -0.716. The number of carbonyl (C=O) groups is 2. The topological polar surface area (TPSA) is 85.2 Å². The van der Waals surface area contributed by atoms with Crippen molar-refractivity contribution in [3.8, 4) is 6.07 Å². The van der Waals surface area contributed by atoms with Gasteiger partial charge in [0.05, 0.1) is 30.4 Å². The molecule has 0 aromatic heterocycles. The predicted octanol–water partition coefficient (Wildman–Crippen LogP) is 3.79. The zero-order valence-electron chi connectivity index (χ0n) is 18.1. The van der Waals surface area contributed by atoms with Gasteiger partial charge in [-0.15, -0.1) is 0 Å². The molecule has 4 fully saturated rings. The third kappa shape index (κ3) is 4.56. The number of nitrogens with zero attached hydrogens (tertiary/aromatic N) is 2. The number of nitriles is 1. The van der Waals surface area contributed by atoms with E-state index in [1.807, 2.05) is 6.07 Å². The molecular weight excluding hydrogens is 440 g/mol. The lowest BCUT2D eigenvalue weighted by Crippen LogP contribution is -2.59. The Morgan fingerprint density at radius 3 is 2.36 bits per heavy atom. The number of nitrogens with one attached hydrogen (secondary N) is 2. The van der Waals surface area contributed by atoms with Gasteiger partial charge in [-0.1, -0.05) is 12.1 Å². The highest BCUT2D eigenvalue weighted by Gasteiger charge is 2.52. The van der Waals surface area contributed by atoms with E-state index in [-0.39, 0.29) is 36.6 Å². The van der Waals surface area contributed by atoms with Crippen LogP contribution < -0.4 is 10.6 Å². The van der Waals surface area contributed by atoms with Crippen LogP contribution in [0.4, 0.5) is 23.2 Å². The second kappa shape index (κ2) is 8.60. The largest absolute Gasteiger partial charge is 0.418 e. The fourth-order valence-corrected chi connectivity index (χ4v) is 5.43. The number of carbonyl (C=O) groups excluding carboxylic acids is 2. The smallest absolute Gasteiger partial charge is 0.325 e. The number of amides is 2. The van der Waals surface area contributed by atoms with Crippen LogP contribution in [0.25, 0.3) is 0 Å². The van der Waals surface area contributed by atoms with Gasteiger partial charge in [0.25, 0.3) is 0 Å². The van der Waals surface area contributed by atoms with Crippen LogP contribution in [0, 0.1) is 16.7 Å². The highest BCUT2D eigenvalue weighted by Crippen LogP contribution is 2.53. The summed E-state index contributed by atoms with van der Waals surface area (Å²) in [4.78, 5) is 26.9. The van der Waals surface area contributed by atoms with Crippen molar-refractivity contribution in [2.24, 2.45) is 5.41 Å². The maximum atomic E-state index is 13.6. The molecule has 4 aliphatic rings. The molecule has 6 nitrogen and oxygen atoms in total. The minimum absolute atomic E-state index is 0.0109. The van der Waals surface area contributed by atoms with Gasteiger partial charge in [-0.3, -0.25) is 9.59 Å². The van der Waals surface area contributed by atoms with E-state index in [9.17, 15) is 27.2 Å². The van der Waals surface area contributed by atoms with E-state index in [2.05, 4.69) is 10.6 Å². The molecule has 2 bridgehead atoms. The van der Waals surface area contributed by atoms with Crippen molar-refractivity contribution >= 4 is 17.5 Å². The summed E-state index contributed by atoms with van der Waals surface area (Å²) >= 11 is 0. The van der Waals surface area contributed by atoms with Crippen molar-refractivity contribution in [2.75, 3.05) is 18.4 Å². The van der Waals surface area contributed by atoms with E-state index in [4.69, 9.17) is 5.26 Å². The van der Waals surface area contributed by atoms with E-state index in [0.717, 1.165) is 6.07 Å². The Labute approximate surface area is 189 Å². The monoisotopic (exact) mass is 466 g/mol. The van der Waals surface area contributed by atoms with Gasteiger partial charge in [0, 0.05) is 17.4 Å². The molecule has 3 saturated carbocycles. The average molecular weight is 466 g/mol. The Kier molecular flexibility index (Phi) is 6.12. The molecule has 33 heavy (non-hydrogen) atoms. The number of rotatable bonds is 5. The van der Waals surface area contributed by atoms with E-state index < -0.39 is 35.3 Å². The van der Waals surface area contributed by atoms with Gasteiger partial charge in [0.15, 0.2) is 0 Å². The molecular formula is C23H26F4N4O2. The summed E-state index contributed by atoms with van der Waals surface area (Å²) in [7, 11) is 0. The van der Waals surface area contributed by atoms with Gasteiger partial charge in [-0.2, -0.15) is 18.4 Å². The van der Waals surface area contributed by atoms with Crippen LogP contribution in [0.1, 0.15) is 50.5 Å². The number of hydrogen-bond acceptors (Lipinski definition) is 4. The van der Waals surface area contributed by atoms with Crippen molar-refractivity contribution in [2.45, 2.75) is 68.9 Å². The fraction of sp³-hybridized carbons (Fsp3) is 0.609. The molecule has 1 aliphatic heterocycles. The summed E-state index contributed by atoms with van der Waals surface area (Å²) in [5.41, 5.74) is -2.17. The van der Waals surface area contributed by atoms with Gasteiger partial charge in [-0.05, 0) is 50.7 Å². The lowest BCUT2D eigenvalue weighted by atomic mass is 9.57. The van der Waals surface area contributed by atoms with Gasteiger partial charge in [0.1, 0.15) is 12.2 Å². The third-order valence-electron chi connectivity index (χ3n) is 7.54. The zero-order valence-corrected chi connectivity index (χ0v) is 18.1. The second-order valence-electron chi connectivity index (χ2n) is 9.44. The molecule has 5 rings (SSSR count). The lowest BCUT2D eigenvalue weighted by molar-refractivity contribution is -0.137. The number of hydrogen-bond donors (Lipinski definition) is 2. The van der Waals surface area contributed by atoms with E-state index in [1.165, 1.54) is 23.1 Å². The van der Waals surface area contributed by atoms with E-state index in [1.54, 1.807) is 0 Å². The van der Waals surface area contributed by atoms with Gasteiger partial charge < -0.3 is 15.5 Å². The van der Waals surface area contributed by atoms with E-state index >= 15 is 0 Å². The Morgan fingerprint density at radius 1 is 1.12 bits per heavy atom. The van der Waals surface area contributed by atoms with Gasteiger partial charge >= 0.3 is 6.18 Å². The highest BCUT2D eigenvalue weighted by atomic mass is 19.4. The Bertz CT molecular complexity index is 949. The first-order valence-corrected chi connectivity index (χ1v) is 11.1. The summed E-state index contributed by atoms with van der Waals surface area (Å²) in [5, 5.41) is 14.9. The number of fused-ring (bicyclic) bond motifs is 3. The Morgan fingerprint density at radius 2 is 1.76 bits per heavy atom. The zero-order chi connectivity index (χ0) is 23.9. The first kappa shape index (κ1) is 23.5. The minimum atomic E-state index is -4.56. The van der Waals surface area contributed by atoms with Crippen molar-refractivity contribution in [1.82, 2.24) is 10.2 Å².